The molecule has 1 aromatic rings. The lowest BCUT2D eigenvalue weighted by atomic mass is 10.1. The quantitative estimate of drug-likeness (QED) is 0.911. The third kappa shape index (κ3) is 3.83. The normalized spacial score (nSPS) is 21.6. The number of hydrogen-bond donors (Lipinski definition) is 1. The van der Waals surface area contributed by atoms with Gasteiger partial charge in [0.1, 0.15) is 0 Å². The van der Waals surface area contributed by atoms with Gasteiger partial charge in [-0.25, -0.2) is 0 Å². The Kier molecular flexibility index (Phi) is 5.29. The van der Waals surface area contributed by atoms with Crippen molar-refractivity contribution in [3.8, 4) is 0 Å². The molecule has 0 aromatic heterocycles. The van der Waals surface area contributed by atoms with Crippen LogP contribution in [0.25, 0.3) is 0 Å². The van der Waals surface area contributed by atoms with Crippen LogP contribution >= 0.6 is 11.6 Å². The number of carbonyl (C=O) groups is 2. The van der Waals surface area contributed by atoms with Crippen LogP contribution in [0.15, 0.2) is 18.2 Å². The smallest absolute Gasteiger partial charge is 0.224 e. The summed E-state index contributed by atoms with van der Waals surface area (Å²) in [6, 6.07) is 5.98. The Hall–Kier alpha value is -1.75. The molecule has 2 amide bonds. The molecule has 2 heterocycles. The second-order valence-corrected chi connectivity index (χ2v) is 7.02. The van der Waals surface area contributed by atoms with Crippen molar-refractivity contribution in [2.45, 2.75) is 38.6 Å². The lowest BCUT2D eigenvalue weighted by molar-refractivity contribution is -0.131. The first-order valence-electron chi connectivity index (χ1n) is 8.62. The van der Waals surface area contributed by atoms with E-state index in [0.717, 1.165) is 48.7 Å². The molecule has 6 heteroatoms. The van der Waals surface area contributed by atoms with Gasteiger partial charge in [-0.1, -0.05) is 17.7 Å². The Bertz CT molecular complexity index is 635. The highest BCUT2D eigenvalue weighted by Gasteiger charge is 2.26. The molecular formula is C18H24ClN3O2. The zero-order valence-electron chi connectivity index (χ0n) is 14.1. The third-order valence-electron chi connectivity index (χ3n) is 4.93. The highest BCUT2D eigenvalue weighted by atomic mass is 35.5. The van der Waals surface area contributed by atoms with E-state index in [4.69, 9.17) is 11.6 Å². The van der Waals surface area contributed by atoms with E-state index >= 15 is 0 Å². The van der Waals surface area contributed by atoms with Gasteiger partial charge in [-0.3, -0.25) is 9.59 Å². The second kappa shape index (κ2) is 7.43. The third-order valence-corrected chi connectivity index (χ3v) is 5.34. The number of benzene rings is 1. The van der Waals surface area contributed by atoms with E-state index in [1.165, 1.54) is 0 Å². The van der Waals surface area contributed by atoms with Gasteiger partial charge in [-0.2, -0.15) is 0 Å². The van der Waals surface area contributed by atoms with Gasteiger partial charge in [-0.05, 0) is 37.5 Å². The van der Waals surface area contributed by atoms with E-state index in [2.05, 4.69) is 16.3 Å². The SMILES string of the molecule is Cc1c(Cl)cccc1N1CCCN(C(=O)CC2CCC(=O)N2)CC1. The van der Waals surface area contributed by atoms with Gasteiger partial charge in [0.15, 0.2) is 0 Å². The minimum Gasteiger partial charge on any atom is -0.369 e. The number of hydrogen-bond acceptors (Lipinski definition) is 3. The van der Waals surface area contributed by atoms with Gasteiger partial charge in [-0.15, -0.1) is 0 Å². The first kappa shape index (κ1) is 17.1. The molecule has 2 fully saturated rings. The maximum absolute atomic E-state index is 12.5. The zero-order chi connectivity index (χ0) is 17.1. The van der Waals surface area contributed by atoms with Crippen LogP contribution in [0.5, 0.6) is 0 Å². The summed E-state index contributed by atoms with van der Waals surface area (Å²) in [6.45, 7) is 5.25. The second-order valence-electron chi connectivity index (χ2n) is 6.61. The van der Waals surface area contributed by atoms with Crippen molar-refractivity contribution in [1.29, 1.82) is 0 Å². The molecule has 2 saturated heterocycles. The number of carbonyl (C=O) groups excluding carboxylic acids is 2. The number of amides is 2. The fourth-order valence-corrected chi connectivity index (χ4v) is 3.69. The summed E-state index contributed by atoms with van der Waals surface area (Å²) in [4.78, 5) is 28.0. The average molecular weight is 350 g/mol. The average Bonchev–Trinajstić information content (AvgIpc) is 2.82. The van der Waals surface area contributed by atoms with Gasteiger partial charge in [0.2, 0.25) is 11.8 Å². The fourth-order valence-electron chi connectivity index (χ4n) is 3.52. The number of anilines is 1. The van der Waals surface area contributed by atoms with E-state index in [1.54, 1.807) is 0 Å². The van der Waals surface area contributed by atoms with Crippen LogP contribution < -0.4 is 10.2 Å². The van der Waals surface area contributed by atoms with Gasteiger partial charge in [0, 0.05) is 55.8 Å². The lowest BCUT2D eigenvalue weighted by Crippen LogP contribution is -2.39. The van der Waals surface area contributed by atoms with E-state index in [9.17, 15) is 9.59 Å². The van der Waals surface area contributed by atoms with E-state index in [-0.39, 0.29) is 17.9 Å². The minimum absolute atomic E-state index is 0.0135. The Morgan fingerprint density at radius 2 is 2.12 bits per heavy atom. The van der Waals surface area contributed by atoms with Crippen molar-refractivity contribution in [1.82, 2.24) is 10.2 Å². The van der Waals surface area contributed by atoms with Crippen LogP contribution in [0.1, 0.15) is 31.2 Å². The van der Waals surface area contributed by atoms with Gasteiger partial charge < -0.3 is 15.1 Å². The molecule has 0 bridgehead atoms. The first-order chi connectivity index (χ1) is 11.5. The molecule has 2 aliphatic heterocycles. The summed E-state index contributed by atoms with van der Waals surface area (Å²) in [6.07, 6.45) is 2.67. The van der Waals surface area contributed by atoms with Crippen molar-refractivity contribution in [3.05, 3.63) is 28.8 Å². The first-order valence-corrected chi connectivity index (χ1v) is 8.99. The van der Waals surface area contributed by atoms with Gasteiger partial charge >= 0.3 is 0 Å². The van der Waals surface area contributed by atoms with Crippen LogP contribution in [0.2, 0.25) is 5.02 Å². The molecular weight excluding hydrogens is 326 g/mol. The number of rotatable bonds is 3. The molecule has 5 nitrogen and oxygen atoms in total. The molecule has 0 radical (unpaired) electrons. The number of nitrogens with zero attached hydrogens (tertiary/aromatic N) is 2. The summed E-state index contributed by atoms with van der Waals surface area (Å²) in [5, 5.41) is 3.66. The molecule has 1 unspecified atom stereocenters. The topological polar surface area (TPSA) is 52.7 Å². The standard InChI is InChI=1S/C18H24ClN3O2/c1-13-15(19)4-2-5-16(13)21-8-3-9-22(11-10-21)18(24)12-14-6-7-17(23)20-14/h2,4-5,14H,3,6-12H2,1H3,(H,20,23). The molecule has 1 N–H and O–H groups in total. The van der Waals surface area contributed by atoms with E-state index in [0.29, 0.717) is 19.4 Å². The minimum atomic E-state index is 0.0135. The Labute approximate surface area is 147 Å². The predicted molar refractivity (Wildman–Crippen MR) is 95.4 cm³/mol. The van der Waals surface area contributed by atoms with Crippen LogP contribution in [-0.2, 0) is 9.59 Å². The molecule has 0 spiro atoms. The van der Waals surface area contributed by atoms with E-state index in [1.807, 2.05) is 24.0 Å². The molecule has 2 aliphatic rings. The highest BCUT2D eigenvalue weighted by Crippen LogP contribution is 2.27. The van der Waals surface area contributed by atoms with Crippen molar-refractivity contribution < 1.29 is 9.59 Å². The van der Waals surface area contributed by atoms with Crippen molar-refractivity contribution >= 4 is 29.1 Å². The summed E-state index contributed by atoms with van der Waals surface area (Å²) < 4.78 is 0. The number of halogens is 1. The Morgan fingerprint density at radius 3 is 2.88 bits per heavy atom. The summed E-state index contributed by atoms with van der Waals surface area (Å²) in [5.74, 6) is 0.207. The van der Waals surface area contributed by atoms with Crippen LogP contribution in [0.4, 0.5) is 5.69 Å². The van der Waals surface area contributed by atoms with Gasteiger partial charge in [0.25, 0.3) is 0 Å². The number of nitrogens with one attached hydrogen (secondary N) is 1. The highest BCUT2D eigenvalue weighted by molar-refractivity contribution is 6.31. The molecule has 0 aliphatic carbocycles. The molecule has 0 saturated carbocycles. The molecule has 1 aromatic carbocycles. The molecule has 130 valence electrons. The summed E-state index contributed by atoms with van der Waals surface area (Å²) >= 11 is 6.23. The maximum atomic E-state index is 12.5. The van der Waals surface area contributed by atoms with Crippen LogP contribution in [0.3, 0.4) is 0 Å². The molecule has 24 heavy (non-hydrogen) atoms. The Balaban J connectivity index is 1.59. The maximum Gasteiger partial charge on any atom is 0.224 e. The lowest BCUT2D eigenvalue weighted by Gasteiger charge is -2.26. The monoisotopic (exact) mass is 349 g/mol. The van der Waals surface area contributed by atoms with Crippen molar-refractivity contribution in [3.63, 3.8) is 0 Å². The summed E-state index contributed by atoms with van der Waals surface area (Å²) in [7, 11) is 0. The largest absolute Gasteiger partial charge is 0.369 e. The van der Waals surface area contributed by atoms with Crippen LogP contribution in [-0.4, -0.2) is 48.9 Å². The molecule has 1 atom stereocenters. The Morgan fingerprint density at radius 1 is 1.29 bits per heavy atom. The van der Waals surface area contributed by atoms with Crippen molar-refractivity contribution in [2.75, 3.05) is 31.1 Å². The molecule has 3 rings (SSSR count). The predicted octanol–water partition coefficient (Wildman–Crippen LogP) is 2.36. The van der Waals surface area contributed by atoms with Crippen LogP contribution in [0, 0.1) is 6.92 Å². The fraction of sp³-hybridized carbons (Fsp3) is 0.556. The van der Waals surface area contributed by atoms with E-state index < -0.39 is 0 Å². The zero-order valence-corrected chi connectivity index (χ0v) is 14.8. The van der Waals surface area contributed by atoms with Gasteiger partial charge in [0.05, 0.1) is 0 Å². The van der Waals surface area contributed by atoms with Crippen molar-refractivity contribution in [2.24, 2.45) is 0 Å². The summed E-state index contributed by atoms with van der Waals surface area (Å²) in [5.41, 5.74) is 2.24.